The number of nitrogens with one attached hydrogen (secondary N) is 1. The number of hydrogen-bond acceptors (Lipinski definition) is 4. The molecule has 112 valence electrons. The predicted molar refractivity (Wildman–Crippen MR) is 87.6 cm³/mol. The normalized spacial score (nSPS) is 17.7. The number of morpholine rings is 1. The van der Waals surface area contributed by atoms with Crippen molar-refractivity contribution >= 4 is 11.3 Å². The molecule has 1 N–H and O–H groups in total. The predicted octanol–water partition coefficient (Wildman–Crippen LogP) is 2.91. The lowest BCUT2D eigenvalue weighted by molar-refractivity contribution is 0.0168. The molecule has 3 rings (SSSR count). The molecule has 1 saturated heterocycles. The van der Waals surface area contributed by atoms with Gasteiger partial charge in [-0.3, -0.25) is 4.90 Å². The largest absolute Gasteiger partial charge is 0.379 e. The molecule has 0 amide bonds. The van der Waals surface area contributed by atoms with Crippen LogP contribution in [0, 0.1) is 0 Å². The number of ether oxygens (including phenoxy) is 1. The SMILES string of the molecule is c1ccc(CNCC(c2cccs2)N2CCOCC2)cc1. The fraction of sp³-hybridized carbons (Fsp3) is 0.412. The van der Waals surface area contributed by atoms with Crippen LogP contribution in [0.15, 0.2) is 47.8 Å². The minimum absolute atomic E-state index is 0.456. The summed E-state index contributed by atoms with van der Waals surface area (Å²) in [5.41, 5.74) is 1.34. The van der Waals surface area contributed by atoms with Gasteiger partial charge in [0.25, 0.3) is 0 Å². The van der Waals surface area contributed by atoms with Gasteiger partial charge in [-0.1, -0.05) is 36.4 Å². The highest BCUT2D eigenvalue weighted by Gasteiger charge is 2.22. The van der Waals surface area contributed by atoms with E-state index in [2.05, 4.69) is 58.1 Å². The Labute approximate surface area is 130 Å². The molecule has 1 aliphatic rings. The van der Waals surface area contributed by atoms with Crippen LogP contribution < -0.4 is 5.32 Å². The van der Waals surface area contributed by atoms with Crippen molar-refractivity contribution in [3.63, 3.8) is 0 Å². The van der Waals surface area contributed by atoms with E-state index in [1.54, 1.807) is 0 Å². The summed E-state index contributed by atoms with van der Waals surface area (Å²) in [6, 6.07) is 15.4. The van der Waals surface area contributed by atoms with Crippen LogP contribution in [0.25, 0.3) is 0 Å². The molecule has 1 atom stereocenters. The number of thiophene rings is 1. The van der Waals surface area contributed by atoms with Gasteiger partial charge in [0.1, 0.15) is 0 Å². The van der Waals surface area contributed by atoms with Gasteiger partial charge in [-0.2, -0.15) is 0 Å². The van der Waals surface area contributed by atoms with Crippen molar-refractivity contribution < 1.29 is 4.74 Å². The molecule has 3 nitrogen and oxygen atoms in total. The van der Waals surface area contributed by atoms with E-state index in [0.717, 1.165) is 39.4 Å². The van der Waals surface area contributed by atoms with Crippen LogP contribution in [-0.4, -0.2) is 37.7 Å². The van der Waals surface area contributed by atoms with Gasteiger partial charge < -0.3 is 10.1 Å². The van der Waals surface area contributed by atoms with E-state index in [-0.39, 0.29) is 0 Å². The molecule has 4 heteroatoms. The van der Waals surface area contributed by atoms with E-state index >= 15 is 0 Å². The Morgan fingerprint density at radius 3 is 2.62 bits per heavy atom. The van der Waals surface area contributed by atoms with Gasteiger partial charge >= 0.3 is 0 Å². The Kier molecular flexibility index (Phi) is 5.40. The smallest absolute Gasteiger partial charge is 0.0594 e. The third-order valence-corrected chi connectivity index (χ3v) is 4.84. The first-order valence-corrected chi connectivity index (χ1v) is 8.41. The summed E-state index contributed by atoms with van der Waals surface area (Å²) in [5.74, 6) is 0. The first-order valence-electron chi connectivity index (χ1n) is 7.53. The zero-order valence-corrected chi connectivity index (χ0v) is 13.0. The van der Waals surface area contributed by atoms with E-state index in [0.29, 0.717) is 6.04 Å². The molecule has 1 unspecified atom stereocenters. The van der Waals surface area contributed by atoms with E-state index in [9.17, 15) is 0 Å². The monoisotopic (exact) mass is 302 g/mol. The molecule has 0 saturated carbocycles. The van der Waals surface area contributed by atoms with Crippen molar-refractivity contribution in [3.8, 4) is 0 Å². The summed E-state index contributed by atoms with van der Waals surface area (Å²) in [6.07, 6.45) is 0. The molecule has 2 aromatic rings. The highest BCUT2D eigenvalue weighted by atomic mass is 32.1. The third-order valence-electron chi connectivity index (χ3n) is 3.87. The lowest BCUT2D eigenvalue weighted by Gasteiger charge is -2.34. The Hall–Kier alpha value is -1.20. The Morgan fingerprint density at radius 1 is 1.10 bits per heavy atom. The molecule has 0 bridgehead atoms. The molecule has 0 spiro atoms. The van der Waals surface area contributed by atoms with E-state index in [1.165, 1.54) is 10.4 Å². The van der Waals surface area contributed by atoms with Gasteiger partial charge in [-0.25, -0.2) is 0 Å². The summed E-state index contributed by atoms with van der Waals surface area (Å²) in [6.45, 7) is 5.65. The molecule has 0 aliphatic carbocycles. The van der Waals surface area contributed by atoms with Crippen molar-refractivity contribution in [1.82, 2.24) is 10.2 Å². The Morgan fingerprint density at radius 2 is 1.90 bits per heavy atom. The summed E-state index contributed by atoms with van der Waals surface area (Å²) >= 11 is 1.85. The van der Waals surface area contributed by atoms with Crippen molar-refractivity contribution in [2.75, 3.05) is 32.8 Å². The number of nitrogens with zero attached hydrogens (tertiary/aromatic N) is 1. The van der Waals surface area contributed by atoms with E-state index in [1.807, 2.05) is 11.3 Å². The summed E-state index contributed by atoms with van der Waals surface area (Å²) in [5, 5.41) is 5.78. The fourth-order valence-corrected chi connectivity index (χ4v) is 3.59. The van der Waals surface area contributed by atoms with E-state index < -0.39 is 0 Å². The lowest BCUT2D eigenvalue weighted by Crippen LogP contribution is -2.42. The second-order valence-electron chi connectivity index (χ2n) is 5.30. The van der Waals surface area contributed by atoms with Gasteiger partial charge in [-0.15, -0.1) is 11.3 Å². The van der Waals surface area contributed by atoms with Crippen LogP contribution in [0.1, 0.15) is 16.5 Å². The van der Waals surface area contributed by atoms with Crippen LogP contribution in [0.2, 0.25) is 0 Å². The van der Waals surface area contributed by atoms with Crippen LogP contribution in [0.3, 0.4) is 0 Å². The zero-order valence-electron chi connectivity index (χ0n) is 12.2. The number of benzene rings is 1. The molecule has 2 heterocycles. The van der Waals surface area contributed by atoms with E-state index in [4.69, 9.17) is 4.74 Å². The molecular weight excluding hydrogens is 280 g/mol. The minimum Gasteiger partial charge on any atom is -0.379 e. The molecule has 1 aliphatic heterocycles. The first-order chi connectivity index (χ1) is 10.4. The minimum atomic E-state index is 0.456. The first kappa shape index (κ1) is 14.7. The number of rotatable bonds is 6. The maximum absolute atomic E-state index is 5.48. The summed E-state index contributed by atoms with van der Waals surface area (Å²) in [7, 11) is 0. The average molecular weight is 302 g/mol. The second-order valence-corrected chi connectivity index (χ2v) is 6.28. The third kappa shape index (κ3) is 4.14. The van der Waals surface area contributed by atoms with Crippen LogP contribution in [0.4, 0.5) is 0 Å². The van der Waals surface area contributed by atoms with Crippen molar-refractivity contribution in [2.45, 2.75) is 12.6 Å². The Bertz CT molecular complexity index is 509. The quantitative estimate of drug-likeness (QED) is 0.888. The van der Waals surface area contributed by atoms with Gasteiger partial charge in [-0.05, 0) is 17.0 Å². The molecule has 21 heavy (non-hydrogen) atoms. The maximum Gasteiger partial charge on any atom is 0.0594 e. The second kappa shape index (κ2) is 7.71. The summed E-state index contributed by atoms with van der Waals surface area (Å²) in [4.78, 5) is 3.98. The van der Waals surface area contributed by atoms with Gasteiger partial charge in [0.2, 0.25) is 0 Å². The van der Waals surface area contributed by atoms with Crippen molar-refractivity contribution in [2.24, 2.45) is 0 Å². The molecule has 1 aromatic carbocycles. The van der Waals surface area contributed by atoms with Crippen molar-refractivity contribution in [3.05, 3.63) is 58.3 Å². The van der Waals surface area contributed by atoms with Gasteiger partial charge in [0.05, 0.1) is 19.3 Å². The van der Waals surface area contributed by atoms with Gasteiger partial charge in [0, 0.05) is 31.1 Å². The summed E-state index contributed by atoms with van der Waals surface area (Å²) < 4.78 is 5.48. The topological polar surface area (TPSA) is 24.5 Å². The molecule has 0 radical (unpaired) electrons. The highest BCUT2D eigenvalue weighted by molar-refractivity contribution is 7.10. The average Bonchev–Trinajstić information content (AvgIpc) is 3.07. The Balaban J connectivity index is 1.59. The lowest BCUT2D eigenvalue weighted by atomic mass is 10.1. The molecule has 1 aromatic heterocycles. The van der Waals surface area contributed by atoms with Crippen LogP contribution in [0.5, 0.6) is 0 Å². The highest BCUT2D eigenvalue weighted by Crippen LogP contribution is 2.25. The zero-order chi connectivity index (χ0) is 14.3. The van der Waals surface area contributed by atoms with Crippen LogP contribution >= 0.6 is 11.3 Å². The van der Waals surface area contributed by atoms with Crippen molar-refractivity contribution in [1.29, 1.82) is 0 Å². The van der Waals surface area contributed by atoms with Gasteiger partial charge in [0.15, 0.2) is 0 Å². The molecule has 1 fully saturated rings. The maximum atomic E-state index is 5.48. The standard InChI is InChI=1S/C17H22N2OS/c1-2-5-15(6-3-1)13-18-14-16(17-7-4-12-21-17)19-8-10-20-11-9-19/h1-7,12,16,18H,8-11,13-14H2. The fourth-order valence-electron chi connectivity index (χ4n) is 2.73. The molecular formula is C17H22N2OS. The number of hydrogen-bond donors (Lipinski definition) is 1. The van der Waals surface area contributed by atoms with Crippen LogP contribution in [-0.2, 0) is 11.3 Å².